The molecule has 112 valence electrons. The molecule has 0 aromatic heterocycles. The molecule has 3 N–H and O–H groups in total. The number of para-hydroxylation sites is 1. The van der Waals surface area contributed by atoms with Crippen LogP contribution < -0.4 is 20.7 Å². The highest BCUT2D eigenvalue weighted by molar-refractivity contribution is 9.10. The van der Waals surface area contributed by atoms with Crippen molar-refractivity contribution in [3.63, 3.8) is 0 Å². The zero-order chi connectivity index (χ0) is 15.4. The number of ether oxygens (including phenoxy) is 2. The molecule has 2 rings (SSSR count). The summed E-state index contributed by atoms with van der Waals surface area (Å²) in [5.74, 6) is 6.35. The first-order chi connectivity index (χ1) is 10.1. The molecule has 0 fully saturated rings. The Hall–Kier alpha value is -1.63. The summed E-state index contributed by atoms with van der Waals surface area (Å²) in [4.78, 5) is 0. The van der Waals surface area contributed by atoms with E-state index in [4.69, 9.17) is 15.3 Å². The van der Waals surface area contributed by atoms with Crippen LogP contribution in [0.1, 0.15) is 17.2 Å². The largest absolute Gasteiger partial charge is 0.493 e. The van der Waals surface area contributed by atoms with E-state index in [9.17, 15) is 4.39 Å². The van der Waals surface area contributed by atoms with E-state index < -0.39 is 6.04 Å². The van der Waals surface area contributed by atoms with Gasteiger partial charge in [-0.3, -0.25) is 5.84 Å². The Morgan fingerprint density at radius 2 is 1.76 bits per heavy atom. The van der Waals surface area contributed by atoms with Crippen LogP contribution >= 0.6 is 15.9 Å². The Balaban J connectivity index is 2.59. The fourth-order valence-electron chi connectivity index (χ4n) is 2.23. The number of methoxy groups -OCH3 is 2. The van der Waals surface area contributed by atoms with Gasteiger partial charge in [-0.15, -0.1) is 0 Å². The lowest BCUT2D eigenvalue weighted by Gasteiger charge is -2.21. The van der Waals surface area contributed by atoms with Crippen molar-refractivity contribution in [3.05, 3.63) is 57.8 Å². The summed E-state index contributed by atoms with van der Waals surface area (Å²) in [6, 6.07) is 9.88. The molecule has 21 heavy (non-hydrogen) atoms. The normalized spacial score (nSPS) is 12.0. The molecular weight excluding hydrogens is 339 g/mol. The summed E-state index contributed by atoms with van der Waals surface area (Å²) in [6.45, 7) is 0. The quantitative estimate of drug-likeness (QED) is 0.639. The van der Waals surface area contributed by atoms with Gasteiger partial charge in [0.05, 0.1) is 24.7 Å². The van der Waals surface area contributed by atoms with Gasteiger partial charge in [-0.25, -0.2) is 9.82 Å². The maximum Gasteiger partial charge on any atom is 0.165 e. The van der Waals surface area contributed by atoms with Crippen LogP contribution in [0.4, 0.5) is 4.39 Å². The monoisotopic (exact) mass is 354 g/mol. The Kier molecular flexibility index (Phi) is 5.17. The number of nitrogens with two attached hydrogens (primary N) is 1. The molecule has 0 aliphatic rings. The second-order valence-corrected chi connectivity index (χ2v) is 5.18. The van der Waals surface area contributed by atoms with Crippen molar-refractivity contribution in [2.45, 2.75) is 6.04 Å². The maximum absolute atomic E-state index is 14.3. The standard InChI is InChI=1S/C15H16BrFN2O2/c1-20-12-8-4-6-10(15(12)21-2)14(19-18)9-5-3-7-11(16)13(9)17/h3-8,14,19H,18H2,1-2H3. The number of nitrogens with one attached hydrogen (secondary N) is 1. The molecule has 0 radical (unpaired) electrons. The molecule has 0 spiro atoms. The summed E-state index contributed by atoms with van der Waals surface area (Å²) in [7, 11) is 3.08. The van der Waals surface area contributed by atoms with Gasteiger partial charge < -0.3 is 9.47 Å². The summed E-state index contributed by atoms with van der Waals surface area (Å²) in [6.07, 6.45) is 0. The summed E-state index contributed by atoms with van der Waals surface area (Å²) < 4.78 is 25.4. The van der Waals surface area contributed by atoms with Gasteiger partial charge in [-0.1, -0.05) is 24.3 Å². The summed E-state index contributed by atoms with van der Waals surface area (Å²) in [5.41, 5.74) is 3.74. The lowest BCUT2D eigenvalue weighted by Crippen LogP contribution is -2.30. The highest BCUT2D eigenvalue weighted by Gasteiger charge is 2.23. The molecule has 0 aliphatic carbocycles. The number of benzene rings is 2. The van der Waals surface area contributed by atoms with Gasteiger partial charge in [0, 0.05) is 11.1 Å². The van der Waals surface area contributed by atoms with Crippen molar-refractivity contribution >= 4 is 15.9 Å². The molecule has 2 aromatic carbocycles. The first kappa shape index (κ1) is 15.8. The fourth-order valence-corrected chi connectivity index (χ4v) is 2.61. The van der Waals surface area contributed by atoms with Gasteiger partial charge in [0.2, 0.25) is 0 Å². The molecule has 2 aromatic rings. The average molecular weight is 355 g/mol. The van der Waals surface area contributed by atoms with Crippen LogP contribution in [0.2, 0.25) is 0 Å². The zero-order valence-electron chi connectivity index (χ0n) is 11.7. The van der Waals surface area contributed by atoms with E-state index in [1.165, 1.54) is 7.11 Å². The van der Waals surface area contributed by atoms with Crippen LogP contribution in [-0.4, -0.2) is 14.2 Å². The minimum atomic E-state index is -0.562. The number of hydrogen-bond acceptors (Lipinski definition) is 4. The fraction of sp³-hybridized carbons (Fsp3) is 0.200. The van der Waals surface area contributed by atoms with Crippen LogP contribution in [0.5, 0.6) is 11.5 Å². The molecule has 0 amide bonds. The van der Waals surface area contributed by atoms with Crippen molar-refractivity contribution in [3.8, 4) is 11.5 Å². The first-order valence-electron chi connectivity index (χ1n) is 6.25. The maximum atomic E-state index is 14.3. The molecule has 0 saturated heterocycles. The lowest BCUT2D eigenvalue weighted by atomic mass is 9.97. The van der Waals surface area contributed by atoms with Crippen LogP contribution in [-0.2, 0) is 0 Å². The predicted octanol–water partition coefficient (Wildman–Crippen LogP) is 3.16. The van der Waals surface area contributed by atoms with Crippen molar-refractivity contribution in [1.29, 1.82) is 0 Å². The molecule has 4 nitrogen and oxygen atoms in total. The van der Waals surface area contributed by atoms with Gasteiger partial charge in [0.15, 0.2) is 11.5 Å². The molecule has 0 aliphatic heterocycles. The smallest absolute Gasteiger partial charge is 0.165 e. The van der Waals surface area contributed by atoms with E-state index >= 15 is 0 Å². The minimum Gasteiger partial charge on any atom is -0.493 e. The Labute approximate surface area is 131 Å². The van der Waals surface area contributed by atoms with Gasteiger partial charge in [-0.2, -0.15) is 0 Å². The third-order valence-corrected chi connectivity index (χ3v) is 3.82. The van der Waals surface area contributed by atoms with E-state index in [-0.39, 0.29) is 5.82 Å². The van der Waals surface area contributed by atoms with Crippen molar-refractivity contribution in [1.82, 2.24) is 5.43 Å². The number of hydrogen-bond donors (Lipinski definition) is 2. The topological polar surface area (TPSA) is 56.5 Å². The zero-order valence-corrected chi connectivity index (χ0v) is 13.3. The highest BCUT2D eigenvalue weighted by Crippen LogP contribution is 2.38. The Bertz CT molecular complexity index is 637. The van der Waals surface area contributed by atoms with Gasteiger partial charge >= 0.3 is 0 Å². The van der Waals surface area contributed by atoms with Crippen LogP contribution in [0.15, 0.2) is 40.9 Å². The van der Waals surface area contributed by atoms with Gasteiger partial charge in [0.25, 0.3) is 0 Å². The van der Waals surface area contributed by atoms with E-state index in [0.717, 1.165) is 0 Å². The lowest BCUT2D eigenvalue weighted by molar-refractivity contribution is 0.348. The van der Waals surface area contributed by atoms with Crippen molar-refractivity contribution in [2.75, 3.05) is 14.2 Å². The number of halogens is 2. The van der Waals surface area contributed by atoms with E-state index in [2.05, 4.69) is 21.4 Å². The van der Waals surface area contributed by atoms with Crippen LogP contribution in [0, 0.1) is 5.82 Å². The minimum absolute atomic E-state index is 0.370. The molecule has 1 atom stereocenters. The second kappa shape index (κ2) is 6.89. The van der Waals surface area contributed by atoms with Crippen LogP contribution in [0.25, 0.3) is 0 Å². The van der Waals surface area contributed by atoms with Gasteiger partial charge in [0.1, 0.15) is 5.82 Å². The molecule has 0 heterocycles. The third kappa shape index (κ3) is 3.02. The predicted molar refractivity (Wildman–Crippen MR) is 82.8 cm³/mol. The van der Waals surface area contributed by atoms with Crippen LogP contribution in [0.3, 0.4) is 0 Å². The van der Waals surface area contributed by atoms with Crippen molar-refractivity contribution < 1.29 is 13.9 Å². The molecule has 0 bridgehead atoms. The van der Waals surface area contributed by atoms with E-state index in [1.807, 2.05) is 6.07 Å². The number of rotatable bonds is 5. The first-order valence-corrected chi connectivity index (χ1v) is 7.04. The van der Waals surface area contributed by atoms with E-state index in [0.29, 0.717) is 27.1 Å². The van der Waals surface area contributed by atoms with E-state index in [1.54, 1.807) is 37.4 Å². The summed E-state index contributed by atoms with van der Waals surface area (Å²) in [5, 5.41) is 0. The van der Waals surface area contributed by atoms with Crippen molar-refractivity contribution in [2.24, 2.45) is 5.84 Å². The molecule has 1 unspecified atom stereocenters. The Morgan fingerprint density at radius 1 is 1.10 bits per heavy atom. The second-order valence-electron chi connectivity index (χ2n) is 4.33. The third-order valence-electron chi connectivity index (χ3n) is 3.20. The van der Waals surface area contributed by atoms with Gasteiger partial charge in [-0.05, 0) is 28.1 Å². The molecule has 0 saturated carbocycles. The summed E-state index contributed by atoms with van der Waals surface area (Å²) >= 11 is 3.18. The molecule has 6 heteroatoms. The number of hydrazine groups is 1. The average Bonchev–Trinajstić information content (AvgIpc) is 2.51. The molecular formula is C15H16BrFN2O2. The Morgan fingerprint density at radius 3 is 2.38 bits per heavy atom. The SMILES string of the molecule is COc1cccc(C(NN)c2cccc(Br)c2F)c1OC. The highest BCUT2D eigenvalue weighted by atomic mass is 79.9.